The molecule has 0 radical (unpaired) electrons. The van der Waals surface area contributed by atoms with E-state index < -0.39 is 0 Å². The predicted molar refractivity (Wildman–Crippen MR) is 88.9 cm³/mol. The highest BCUT2D eigenvalue weighted by Crippen LogP contribution is 2.25. The van der Waals surface area contributed by atoms with Crippen LogP contribution in [-0.2, 0) is 6.54 Å². The van der Waals surface area contributed by atoms with E-state index in [0.29, 0.717) is 6.54 Å². The van der Waals surface area contributed by atoms with Crippen LogP contribution < -0.4 is 10.6 Å². The molecule has 2 rings (SSSR count). The van der Waals surface area contributed by atoms with E-state index in [1.807, 2.05) is 13.1 Å². The summed E-state index contributed by atoms with van der Waals surface area (Å²) < 4.78 is 0. The molecule has 1 aliphatic carbocycles. The number of hydrogen-bond acceptors (Lipinski definition) is 2. The summed E-state index contributed by atoms with van der Waals surface area (Å²) in [5.41, 5.74) is 2.24. The number of nitrogens with zero attached hydrogens (tertiary/aromatic N) is 2. The Bertz CT molecular complexity index is 397. The summed E-state index contributed by atoms with van der Waals surface area (Å²) in [4.78, 5) is 4.58. The van der Waals surface area contributed by atoms with Crippen molar-refractivity contribution in [1.82, 2.24) is 20.8 Å². The molecule has 0 atom stereocenters. The van der Waals surface area contributed by atoms with Gasteiger partial charge in [0.1, 0.15) is 0 Å². The van der Waals surface area contributed by atoms with Crippen LogP contribution in [0.25, 0.3) is 0 Å². The number of halogens is 1. The van der Waals surface area contributed by atoms with Crippen LogP contribution in [0.1, 0.15) is 37.4 Å². The van der Waals surface area contributed by atoms with Gasteiger partial charge in [-0.2, -0.15) is 5.10 Å². The number of nitrogens with one attached hydrogen (secondary N) is 3. The number of aryl methyl sites for hydroxylation is 1. The minimum Gasteiger partial charge on any atom is -0.357 e. The van der Waals surface area contributed by atoms with Crippen LogP contribution >= 0.6 is 24.0 Å². The van der Waals surface area contributed by atoms with Gasteiger partial charge in [0.25, 0.3) is 0 Å². The molecular formula is C13H24IN5. The summed E-state index contributed by atoms with van der Waals surface area (Å²) in [7, 11) is 0. The maximum Gasteiger partial charge on any atom is 0.191 e. The minimum absolute atomic E-state index is 0. The fourth-order valence-corrected chi connectivity index (χ4v) is 1.98. The predicted octanol–water partition coefficient (Wildman–Crippen LogP) is 2.19. The lowest BCUT2D eigenvalue weighted by Gasteiger charge is -2.26. The molecular weight excluding hydrogens is 353 g/mol. The summed E-state index contributed by atoms with van der Waals surface area (Å²) in [5, 5.41) is 13.6. The summed E-state index contributed by atoms with van der Waals surface area (Å²) in [6.07, 6.45) is 5.93. The molecule has 6 heteroatoms. The monoisotopic (exact) mass is 377 g/mol. The van der Waals surface area contributed by atoms with Crippen LogP contribution in [0, 0.1) is 12.8 Å². The summed E-state index contributed by atoms with van der Waals surface area (Å²) in [6.45, 7) is 6.70. The molecule has 1 aromatic rings. The molecule has 0 amide bonds. The quantitative estimate of drug-likeness (QED) is 0.419. The highest BCUT2D eigenvalue weighted by Gasteiger charge is 2.17. The zero-order chi connectivity index (χ0) is 12.8. The third kappa shape index (κ3) is 5.00. The normalized spacial score (nSPS) is 15.6. The smallest absolute Gasteiger partial charge is 0.191 e. The Kier molecular flexibility index (Phi) is 7.19. The molecule has 0 aromatic carbocycles. The molecule has 5 nitrogen and oxygen atoms in total. The Morgan fingerprint density at radius 3 is 2.79 bits per heavy atom. The van der Waals surface area contributed by atoms with Gasteiger partial charge in [0.2, 0.25) is 0 Å². The van der Waals surface area contributed by atoms with Crippen LogP contribution in [0.2, 0.25) is 0 Å². The third-order valence-electron chi connectivity index (χ3n) is 3.47. The van der Waals surface area contributed by atoms with Gasteiger partial charge in [0.05, 0.1) is 12.7 Å². The van der Waals surface area contributed by atoms with Gasteiger partial charge in [-0.05, 0) is 32.6 Å². The molecule has 1 aromatic heterocycles. The Morgan fingerprint density at radius 1 is 1.47 bits per heavy atom. The Hall–Kier alpha value is -0.790. The molecule has 1 heterocycles. The first-order valence-corrected chi connectivity index (χ1v) is 6.80. The lowest BCUT2D eigenvalue weighted by Crippen LogP contribution is -2.41. The zero-order valence-corrected chi connectivity index (χ0v) is 14.0. The maximum absolute atomic E-state index is 4.58. The summed E-state index contributed by atoms with van der Waals surface area (Å²) in [6, 6.07) is 0. The molecule has 19 heavy (non-hydrogen) atoms. The van der Waals surface area contributed by atoms with Crippen LogP contribution in [0.3, 0.4) is 0 Å². The van der Waals surface area contributed by atoms with Crippen molar-refractivity contribution >= 4 is 29.9 Å². The van der Waals surface area contributed by atoms with Crippen molar-refractivity contribution in [1.29, 1.82) is 0 Å². The Morgan fingerprint density at radius 2 is 2.26 bits per heavy atom. The molecule has 1 saturated carbocycles. The van der Waals surface area contributed by atoms with Gasteiger partial charge < -0.3 is 10.6 Å². The number of hydrogen-bond donors (Lipinski definition) is 3. The molecule has 0 saturated heterocycles. The first-order valence-electron chi connectivity index (χ1n) is 6.80. The molecule has 3 N–H and O–H groups in total. The first-order chi connectivity index (χ1) is 8.79. The number of aromatic nitrogens is 2. The van der Waals surface area contributed by atoms with Gasteiger partial charge >= 0.3 is 0 Å². The Labute approximate surface area is 132 Å². The lowest BCUT2D eigenvalue weighted by atomic mass is 9.85. The number of H-pyrrole nitrogens is 1. The number of guanidine groups is 1. The second kappa shape index (κ2) is 8.39. The van der Waals surface area contributed by atoms with Gasteiger partial charge in [-0.3, -0.25) is 5.10 Å². The summed E-state index contributed by atoms with van der Waals surface area (Å²) in [5.74, 6) is 1.74. The zero-order valence-electron chi connectivity index (χ0n) is 11.7. The van der Waals surface area contributed by atoms with Crippen molar-refractivity contribution in [3.8, 4) is 0 Å². The van der Waals surface area contributed by atoms with Crippen molar-refractivity contribution in [3.63, 3.8) is 0 Å². The second-order valence-electron chi connectivity index (χ2n) is 4.89. The van der Waals surface area contributed by atoms with Crippen molar-refractivity contribution in [3.05, 3.63) is 17.5 Å². The number of aromatic amines is 1. The van der Waals surface area contributed by atoms with E-state index in [1.54, 1.807) is 0 Å². The highest BCUT2D eigenvalue weighted by atomic mass is 127. The molecule has 1 fully saturated rings. The fraction of sp³-hybridized carbons (Fsp3) is 0.692. The first kappa shape index (κ1) is 16.3. The lowest BCUT2D eigenvalue weighted by molar-refractivity contribution is 0.314. The van der Waals surface area contributed by atoms with Crippen molar-refractivity contribution in [2.24, 2.45) is 10.9 Å². The van der Waals surface area contributed by atoms with Gasteiger partial charge in [-0.15, -0.1) is 24.0 Å². The molecule has 0 bridgehead atoms. The summed E-state index contributed by atoms with van der Waals surface area (Å²) >= 11 is 0. The van der Waals surface area contributed by atoms with Crippen molar-refractivity contribution in [2.45, 2.75) is 39.7 Å². The molecule has 0 spiro atoms. The van der Waals surface area contributed by atoms with E-state index in [1.165, 1.54) is 19.3 Å². The van der Waals surface area contributed by atoms with Gasteiger partial charge in [0.15, 0.2) is 5.96 Å². The van der Waals surface area contributed by atoms with Gasteiger partial charge in [-0.1, -0.05) is 6.42 Å². The molecule has 0 unspecified atom stereocenters. The van der Waals surface area contributed by atoms with Crippen LogP contribution in [0.5, 0.6) is 0 Å². The standard InChI is InChI=1S/C13H23N5.HI/c1-3-14-13(15-7-11-5-4-6-11)16-8-12-9-17-18-10(12)2;/h9,11H,3-8H2,1-2H3,(H,17,18)(H2,14,15,16);1H. The average molecular weight is 377 g/mol. The largest absolute Gasteiger partial charge is 0.357 e. The number of rotatable bonds is 5. The van der Waals surface area contributed by atoms with E-state index in [0.717, 1.165) is 36.2 Å². The molecule has 1 aliphatic rings. The Balaban J connectivity index is 0.00000180. The third-order valence-corrected chi connectivity index (χ3v) is 3.47. The highest BCUT2D eigenvalue weighted by molar-refractivity contribution is 14.0. The van der Waals surface area contributed by atoms with Crippen molar-refractivity contribution in [2.75, 3.05) is 13.1 Å². The SMILES string of the molecule is CCNC(=NCc1cn[nH]c1C)NCC1CCC1.I. The molecule has 108 valence electrons. The van der Waals surface area contributed by atoms with Crippen LogP contribution in [0.15, 0.2) is 11.2 Å². The second-order valence-corrected chi connectivity index (χ2v) is 4.89. The van der Waals surface area contributed by atoms with E-state index in [9.17, 15) is 0 Å². The average Bonchev–Trinajstić information content (AvgIpc) is 2.69. The van der Waals surface area contributed by atoms with Crippen LogP contribution in [0.4, 0.5) is 0 Å². The molecule has 0 aliphatic heterocycles. The fourth-order valence-electron chi connectivity index (χ4n) is 1.98. The number of aliphatic imine (C=N–C) groups is 1. The van der Waals surface area contributed by atoms with E-state index in [2.05, 4.69) is 32.7 Å². The van der Waals surface area contributed by atoms with Gasteiger partial charge in [0, 0.05) is 24.3 Å². The van der Waals surface area contributed by atoms with Crippen LogP contribution in [-0.4, -0.2) is 29.2 Å². The van der Waals surface area contributed by atoms with Crippen molar-refractivity contribution < 1.29 is 0 Å². The van der Waals surface area contributed by atoms with E-state index in [-0.39, 0.29) is 24.0 Å². The van der Waals surface area contributed by atoms with E-state index in [4.69, 9.17) is 0 Å². The van der Waals surface area contributed by atoms with Gasteiger partial charge in [-0.25, -0.2) is 4.99 Å². The van der Waals surface area contributed by atoms with E-state index >= 15 is 0 Å². The maximum atomic E-state index is 4.58. The topological polar surface area (TPSA) is 65.1 Å². The minimum atomic E-state index is 0.